The molecule has 1 N–H and O–H groups in total. The van der Waals surface area contributed by atoms with Crippen molar-refractivity contribution >= 4 is 17.6 Å². The molecule has 1 aromatic heterocycles. The van der Waals surface area contributed by atoms with Crippen LogP contribution in [-0.2, 0) is 12.8 Å². The number of hydrogen-bond donors (Lipinski definition) is 1. The summed E-state index contributed by atoms with van der Waals surface area (Å²) in [4.78, 5) is 15.3. The molecule has 1 aliphatic carbocycles. The third-order valence-corrected chi connectivity index (χ3v) is 3.42. The van der Waals surface area contributed by atoms with Crippen LogP contribution in [0.2, 0.25) is 5.15 Å². The van der Waals surface area contributed by atoms with E-state index in [0.717, 1.165) is 48.9 Å². The second-order valence-corrected chi connectivity index (χ2v) is 4.54. The van der Waals surface area contributed by atoms with Crippen molar-refractivity contribution in [2.45, 2.75) is 39.0 Å². The molecule has 3 nitrogen and oxygen atoms in total. The van der Waals surface area contributed by atoms with E-state index < -0.39 is 5.97 Å². The van der Waals surface area contributed by atoms with Crippen LogP contribution in [0.5, 0.6) is 0 Å². The summed E-state index contributed by atoms with van der Waals surface area (Å²) >= 11 is 5.92. The Hall–Kier alpha value is -1.09. The van der Waals surface area contributed by atoms with E-state index in [0.29, 0.717) is 0 Å². The van der Waals surface area contributed by atoms with Crippen molar-refractivity contribution in [2.24, 2.45) is 0 Å². The maximum absolute atomic E-state index is 11.2. The summed E-state index contributed by atoms with van der Waals surface area (Å²) in [5.74, 6) is -0.962. The molecule has 0 radical (unpaired) electrons. The zero-order chi connectivity index (χ0) is 11.7. The molecular weight excluding hydrogens is 226 g/mol. The van der Waals surface area contributed by atoms with Crippen LogP contribution in [0.1, 0.15) is 46.4 Å². The van der Waals surface area contributed by atoms with Crippen molar-refractivity contribution in [3.8, 4) is 0 Å². The van der Waals surface area contributed by atoms with Gasteiger partial charge in [0.05, 0.1) is 0 Å². The van der Waals surface area contributed by atoms with Crippen LogP contribution in [-0.4, -0.2) is 16.1 Å². The summed E-state index contributed by atoms with van der Waals surface area (Å²) in [5, 5.41) is 9.31. The van der Waals surface area contributed by atoms with Gasteiger partial charge in [0.2, 0.25) is 0 Å². The van der Waals surface area contributed by atoms with Gasteiger partial charge < -0.3 is 5.11 Å². The first-order valence-corrected chi connectivity index (χ1v) is 5.90. The van der Waals surface area contributed by atoms with Crippen LogP contribution in [0.15, 0.2) is 0 Å². The first-order valence-electron chi connectivity index (χ1n) is 5.52. The van der Waals surface area contributed by atoms with Crippen molar-refractivity contribution in [3.05, 3.63) is 27.5 Å². The SMILES string of the molecule is Cc1nc(Cl)c(C(=O)O)c2c1CCCCC2. The van der Waals surface area contributed by atoms with Crippen LogP contribution in [0.4, 0.5) is 0 Å². The first-order chi connectivity index (χ1) is 7.61. The van der Waals surface area contributed by atoms with E-state index in [1.807, 2.05) is 6.92 Å². The van der Waals surface area contributed by atoms with Crippen molar-refractivity contribution in [2.75, 3.05) is 0 Å². The highest BCUT2D eigenvalue weighted by Gasteiger charge is 2.22. The molecule has 0 aromatic carbocycles. The van der Waals surface area contributed by atoms with Gasteiger partial charge in [-0.05, 0) is 43.7 Å². The Morgan fingerprint density at radius 2 is 1.88 bits per heavy atom. The zero-order valence-corrected chi connectivity index (χ0v) is 9.97. The Morgan fingerprint density at radius 3 is 2.50 bits per heavy atom. The summed E-state index contributed by atoms with van der Waals surface area (Å²) in [6.07, 6.45) is 5.01. The second-order valence-electron chi connectivity index (χ2n) is 4.19. The number of rotatable bonds is 1. The zero-order valence-electron chi connectivity index (χ0n) is 9.22. The Balaban J connectivity index is 2.65. The number of hydrogen-bond acceptors (Lipinski definition) is 2. The first kappa shape index (κ1) is 11.4. The molecule has 0 aliphatic heterocycles. The molecule has 86 valence electrons. The fraction of sp³-hybridized carbons (Fsp3) is 0.500. The number of fused-ring (bicyclic) bond motifs is 1. The summed E-state index contributed by atoms with van der Waals surface area (Å²) in [5.41, 5.74) is 3.10. The Labute approximate surface area is 99.5 Å². The molecule has 0 fully saturated rings. The number of carboxylic acid groups (broad SMARTS) is 1. The molecule has 4 heteroatoms. The molecule has 1 heterocycles. The van der Waals surface area contributed by atoms with Crippen LogP contribution in [0.25, 0.3) is 0 Å². The van der Waals surface area contributed by atoms with Gasteiger partial charge in [-0.3, -0.25) is 0 Å². The highest BCUT2D eigenvalue weighted by Crippen LogP contribution is 2.29. The van der Waals surface area contributed by atoms with E-state index in [9.17, 15) is 9.90 Å². The molecule has 1 aliphatic rings. The molecule has 0 saturated heterocycles. The Bertz CT molecular complexity index is 443. The highest BCUT2D eigenvalue weighted by molar-refractivity contribution is 6.32. The van der Waals surface area contributed by atoms with Gasteiger partial charge in [-0.15, -0.1) is 0 Å². The number of nitrogens with zero attached hydrogens (tertiary/aromatic N) is 1. The van der Waals surface area contributed by atoms with E-state index in [-0.39, 0.29) is 10.7 Å². The summed E-state index contributed by atoms with van der Waals surface area (Å²) in [6.45, 7) is 1.90. The monoisotopic (exact) mass is 239 g/mol. The predicted molar refractivity (Wildman–Crippen MR) is 62.2 cm³/mol. The molecule has 0 unspecified atom stereocenters. The number of halogens is 1. The van der Waals surface area contributed by atoms with Gasteiger partial charge in [-0.1, -0.05) is 18.0 Å². The summed E-state index contributed by atoms with van der Waals surface area (Å²) < 4.78 is 0. The minimum Gasteiger partial charge on any atom is -0.478 e. The van der Waals surface area contributed by atoms with Gasteiger partial charge in [-0.25, -0.2) is 9.78 Å². The lowest BCUT2D eigenvalue weighted by Gasteiger charge is -2.13. The van der Waals surface area contributed by atoms with Crippen LogP contribution < -0.4 is 0 Å². The fourth-order valence-electron chi connectivity index (χ4n) is 2.37. The van der Waals surface area contributed by atoms with E-state index in [4.69, 9.17) is 11.6 Å². The predicted octanol–water partition coefficient (Wildman–Crippen LogP) is 3.01. The number of pyridine rings is 1. The number of carbonyl (C=O) groups is 1. The van der Waals surface area contributed by atoms with Crippen LogP contribution in [0, 0.1) is 6.92 Å². The topological polar surface area (TPSA) is 50.2 Å². The molecule has 0 saturated carbocycles. The lowest BCUT2D eigenvalue weighted by molar-refractivity contribution is 0.0695. The molecule has 0 atom stereocenters. The van der Waals surface area contributed by atoms with E-state index in [2.05, 4.69) is 4.98 Å². The fourth-order valence-corrected chi connectivity index (χ4v) is 2.69. The van der Waals surface area contributed by atoms with Gasteiger partial charge in [0, 0.05) is 5.69 Å². The highest BCUT2D eigenvalue weighted by atomic mass is 35.5. The minimum atomic E-state index is -0.962. The molecule has 0 amide bonds. The van der Waals surface area contributed by atoms with Gasteiger partial charge in [0.1, 0.15) is 10.7 Å². The number of carboxylic acids is 1. The Kier molecular flexibility index (Phi) is 3.15. The molecule has 1 aromatic rings. The average Bonchev–Trinajstić information content (AvgIpc) is 2.42. The maximum atomic E-state index is 11.2. The van der Waals surface area contributed by atoms with Crippen molar-refractivity contribution in [1.82, 2.24) is 4.98 Å². The lowest BCUT2D eigenvalue weighted by Crippen LogP contribution is -2.10. The molecule has 0 spiro atoms. The second kappa shape index (κ2) is 4.42. The van der Waals surface area contributed by atoms with Crippen molar-refractivity contribution < 1.29 is 9.90 Å². The van der Waals surface area contributed by atoms with Crippen LogP contribution >= 0.6 is 11.6 Å². The molecule has 2 rings (SSSR count). The molecular formula is C12H14ClNO2. The Morgan fingerprint density at radius 1 is 1.25 bits per heavy atom. The average molecular weight is 240 g/mol. The molecule has 16 heavy (non-hydrogen) atoms. The third-order valence-electron chi connectivity index (χ3n) is 3.14. The molecule has 0 bridgehead atoms. The minimum absolute atomic E-state index is 0.130. The largest absolute Gasteiger partial charge is 0.478 e. The standard InChI is InChI=1S/C12H14ClNO2/c1-7-8-5-3-2-4-6-9(8)10(12(15)16)11(13)14-7/h2-6H2,1H3,(H,15,16). The normalized spacial score (nSPS) is 15.4. The van der Waals surface area contributed by atoms with E-state index >= 15 is 0 Å². The van der Waals surface area contributed by atoms with Gasteiger partial charge in [0.25, 0.3) is 0 Å². The maximum Gasteiger partial charge on any atom is 0.339 e. The van der Waals surface area contributed by atoms with Gasteiger partial charge >= 0.3 is 5.97 Å². The number of aryl methyl sites for hydroxylation is 1. The summed E-state index contributed by atoms with van der Waals surface area (Å²) in [6, 6.07) is 0. The quantitative estimate of drug-likeness (QED) is 0.605. The van der Waals surface area contributed by atoms with Crippen LogP contribution in [0.3, 0.4) is 0 Å². The van der Waals surface area contributed by atoms with Gasteiger partial charge in [-0.2, -0.15) is 0 Å². The lowest BCUT2D eigenvalue weighted by atomic mass is 9.97. The summed E-state index contributed by atoms with van der Waals surface area (Å²) in [7, 11) is 0. The van der Waals surface area contributed by atoms with E-state index in [1.165, 1.54) is 0 Å². The smallest absolute Gasteiger partial charge is 0.339 e. The van der Waals surface area contributed by atoms with Crippen molar-refractivity contribution in [3.63, 3.8) is 0 Å². The van der Waals surface area contributed by atoms with Gasteiger partial charge in [0.15, 0.2) is 0 Å². The third kappa shape index (κ3) is 1.92. The van der Waals surface area contributed by atoms with Crippen molar-refractivity contribution in [1.29, 1.82) is 0 Å². The number of aromatic carboxylic acids is 1. The number of aromatic nitrogens is 1. The van der Waals surface area contributed by atoms with E-state index in [1.54, 1.807) is 0 Å².